The molecule has 2 heteroatoms. The lowest BCUT2D eigenvalue weighted by Gasteiger charge is -2.33. The lowest BCUT2D eigenvalue weighted by Crippen LogP contribution is -2.39. The van der Waals surface area contributed by atoms with Gasteiger partial charge in [0.15, 0.2) is 0 Å². The zero-order chi connectivity index (χ0) is 25.9. The maximum atomic E-state index is 7.44. The van der Waals surface area contributed by atoms with E-state index in [0.29, 0.717) is 5.92 Å². The van der Waals surface area contributed by atoms with Crippen LogP contribution in [0.4, 0.5) is 0 Å². The number of aryl methyl sites for hydroxylation is 3. The van der Waals surface area contributed by atoms with Gasteiger partial charge in [0.2, 0.25) is 0 Å². The molecule has 3 aromatic rings. The summed E-state index contributed by atoms with van der Waals surface area (Å²) in [6, 6.07) is 22.0. The summed E-state index contributed by atoms with van der Waals surface area (Å²) in [5.74, 6) is 0.374. The molecule has 1 aliphatic rings. The molecule has 0 saturated carbocycles. The van der Waals surface area contributed by atoms with E-state index in [0.717, 1.165) is 51.8 Å². The van der Waals surface area contributed by atoms with Crippen LogP contribution < -0.4 is 5.73 Å². The van der Waals surface area contributed by atoms with Gasteiger partial charge in [-0.3, -0.25) is 4.99 Å². The summed E-state index contributed by atoms with van der Waals surface area (Å²) in [5.41, 5.74) is 18.1. The molecule has 36 heavy (non-hydrogen) atoms. The molecule has 1 atom stereocenters. The summed E-state index contributed by atoms with van der Waals surface area (Å²) in [4.78, 5) is 4.62. The first-order chi connectivity index (χ1) is 17.2. The van der Waals surface area contributed by atoms with Gasteiger partial charge in [0.25, 0.3) is 0 Å². The van der Waals surface area contributed by atoms with Gasteiger partial charge in [-0.2, -0.15) is 0 Å². The van der Waals surface area contributed by atoms with Crippen molar-refractivity contribution in [2.75, 3.05) is 0 Å². The van der Waals surface area contributed by atoms with Crippen LogP contribution in [0.5, 0.6) is 0 Å². The highest BCUT2D eigenvalue weighted by Crippen LogP contribution is 2.38. The van der Waals surface area contributed by atoms with E-state index in [1.165, 1.54) is 16.7 Å². The molecule has 1 unspecified atom stereocenters. The van der Waals surface area contributed by atoms with E-state index in [-0.39, 0.29) is 0 Å². The van der Waals surface area contributed by atoms with E-state index in [4.69, 9.17) is 5.73 Å². The highest BCUT2D eigenvalue weighted by atomic mass is 14.8. The fraction of sp³-hybridized carbons (Fsp3) is 0.265. The largest absolute Gasteiger partial charge is 0.314 e. The van der Waals surface area contributed by atoms with E-state index < -0.39 is 5.54 Å². The van der Waals surface area contributed by atoms with Crippen LogP contribution in [0.3, 0.4) is 0 Å². The lowest BCUT2D eigenvalue weighted by atomic mass is 9.76. The Morgan fingerprint density at radius 1 is 1.03 bits per heavy atom. The van der Waals surface area contributed by atoms with Gasteiger partial charge < -0.3 is 5.73 Å². The third-order valence-electron chi connectivity index (χ3n) is 7.22. The highest BCUT2D eigenvalue weighted by molar-refractivity contribution is 5.84. The first-order valence-corrected chi connectivity index (χ1v) is 12.9. The second-order valence-corrected chi connectivity index (χ2v) is 10.3. The van der Waals surface area contributed by atoms with Crippen LogP contribution in [-0.4, -0.2) is 6.21 Å². The van der Waals surface area contributed by atoms with Gasteiger partial charge in [0, 0.05) is 12.4 Å². The standard InChI is InChI=1S/C34H38N2/c1-7-9-28-15-17-32-20-33(28)26(6)30-11-8-10-27(18-30)13-14-29-19-31(16-12-24(29)4)34(32,35)25(5)22-36-21-23(2)3/h7-12,15-23H,6,13-14,35H2,1-5H3/b9-7-,25-22+,36-21?. The molecule has 0 aromatic heterocycles. The van der Waals surface area contributed by atoms with Crippen molar-refractivity contribution in [3.05, 3.63) is 130 Å². The SMILES string of the molecule is C=C1c2cccc(c2)CCc2cc(ccc2C)C(N)(/C(C)=C/N=CC(C)C)c2ccc(/C=C\C)c1c2. The van der Waals surface area contributed by atoms with E-state index in [2.05, 4.69) is 112 Å². The van der Waals surface area contributed by atoms with Crippen LogP contribution in [0.25, 0.3) is 11.6 Å². The van der Waals surface area contributed by atoms with Crippen molar-refractivity contribution in [2.24, 2.45) is 16.6 Å². The maximum Gasteiger partial charge on any atom is 0.0897 e. The highest BCUT2D eigenvalue weighted by Gasteiger charge is 2.33. The Morgan fingerprint density at radius 3 is 2.53 bits per heavy atom. The Morgan fingerprint density at radius 2 is 1.78 bits per heavy atom. The second-order valence-electron chi connectivity index (χ2n) is 10.3. The third kappa shape index (κ3) is 5.05. The normalized spacial score (nSPS) is 18.4. The van der Waals surface area contributed by atoms with Gasteiger partial charge in [-0.1, -0.05) is 87.2 Å². The Bertz CT molecular complexity index is 1370. The maximum absolute atomic E-state index is 7.44. The molecule has 0 aliphatic heterocycles. The second kappa shape index (κ2) is 10.6. The molecular formula is C34H38N2. The minimum atomic E-state index is -0.827. The van der Waals surface area contributed by atoms with Crippen molar-refractivity contribution < 1.29 is 0 Å². The van der Waals surface area contributed by atoms with Gasteiger partial charge in [0.1, 0.15) is 0 Å². The number of hydrogen-bond acceptors (Lipinski definition) is 2. The van der Waals surface area contributed by atoms with Gasteiger partial charge in [-0.15, -0.1) is 0 Å². The van der Waals surface area contributed by atoms with Gasteiger partial charge in [0.05, 0.1) is 5.54 Å². The topological polar surface area (TPSA) is 38.4 Å². The van der Waals surface area contributed by atoms with Crippen molar-refractivity contribution in [3.8, 4) is 0 Å². The average molecular weight is 475 g/mol. The van der Waals surface area contributed by atoms with E-state index in [1.807, 2.05) is 19.3 Å². The van der Waals surface area contributed by atoms with Crippen LogP contribution in [0.1, 0.15) is 72.2 Å². The monoisotopic (exact) mass is 474 g/mol. The predicted molar refractivity (Wildman–Crippen MR) is 156 cm³/mol. The van der Waals surface area contributed by atoms with Crippen LogP contribution in [0, 0.1) is 12.8 Å². The van der Waals surface area contributed by atoms with Crippen LogP contribution in [0.2, 0.25) is 0 Å². The zero-order valence-electron chi connectivity index (χ0n) is 22.3. The predicted octanol–water partition coefficient (Wildman–Crippen LogP) is 8.02. The molecule has 1 aliphatic carbocycles. The summed E-state index contributed by atoms with van der Waals surface area (Å²) in [7, 11) is 0. The van der Waals surface area contributed by atoms with Gasteiger partial charge >= 0.3 is 0 Å². The molecule has 3 aromatic carbocycles. The quantitative estimate of drug-likeness (QED) is 0.382. The molecular weight excluding hydrogens is 436 g/mol. The summed E-state index contributed by atoms with van der Waals surface area (Å²) in [6.45, 7) is 15.1. The van der Waals surface area contributed by atoms with Crippen molar-refractivity contribution in [3.63, 3.8) is 0 Å². The number of allylic oxidation sites excluding steroid dienone is 1. The summed E-state index contributed by atoms with van der Waals surface area (Å²) >= 11 is 0. The fourth-order valence-electron chi connectivity index (χ4n) is 4.97. The first kappa shape index (κ1) is 25.6. The lowest BCUT2D eigenvalue weighted by molar-refractivity contribution is 0.631. The molecule has 4 rings (SSSR count). The molecule has 0 spiro atoms. The third-order valence-corrected chi connectivity index (χ3v) is 7.22. The first-order valence-electron chi connectivity index (χ1n) is 12.9. The number of hydrogen-bond donors (Lipinski definition) is 1. The van der Waals surface area contributed by atoms with E-state index in [1.54, 1.807) is 0 Å². The summed E-state index contributed by atoms with van der Waals surface area (Å²) < 4.78 is 0. The van der Waals surface area contributed by atoms with Crippen LogP contribution in [0.15, 0.2) is 90.1 Å². The number of aliphatic imine (C=N–C) groups is 1. The Hall–Kier alpha value is -3.49. The molecule has 2 N–H and O–H groups in total. The number of fused-ring (bicyclic) bond motifs is 6. The number of rotatable bonds is 4. The van der Waals surface area contributed by atoms with E-state index >= 15 is 0 Å². The van der Waals surface area contributed by atoms with Gasteiger partial charge in [-0.25, -0.2) is 0 Å². The summed E-state index contributed by atoms with van der Waals surface area (Å²) in [6.07, 6.45) is 10.0. The minimum Gasteiger partial charge on any atom is -0.314 e. The molecule has 2 nitrogen and oxygen atoms in total. The van der Waals surface area contributed by atoms with Crippen LogP contribution >= 0.6 is 0 Å². The number of benzene rings is 3. The zero-order valence-corrected chi connectivity index (χ0v) is 22.3. The Balaban J connectivity index is 2.04. The average Bonchev–Trinajstić information content (AvgIpc) is 2.87. The molecule has 0 saturated heterocycles. The Labute approximate surface area is 217 Å². The number of nitrogens with zero attached hydrogens (tertiary/aromatic N) is 1. The summed E-state index contributed by atoms with van der Waals surface area (Å²) in [5, 5.41) is 0. The molecule has 0 amide bonds. The fourth-order valence-corrected chi connectivity index (χ4v) is 4.97. The molecule has 6 bridgehead atoms. The molecule has 0 fully saturated rings. The van der Waals surface area contributed by atoms with E-state index in [9.17, 15) is 0 Å². The smallest absolute Gasteiger partial charge is 0.0897 e. The van der Waals surface area contributed by atoms with Crippen molar-refractivity contribution >= 4 is 17.9 Å². The molecule has 0 radical (unpaired) electrons. The van der Waals surface area contributed by atoms with Crippen LogP contribution in [-0.2, 0) is 18.4 Å². The molecule has 0 heterocycles. The number of nitrogens with two attached hydrogens (primary N) is 1. The van der Waals surface area contributed by atoms with Gasteiger partial charge in [-0.05, 0) is 101 Å². The van der Waals surface area contributed by atoms with Crippen molar-refractivity contribution in [1.82, 2.24) is 0 Å². The van der Waals surface area contributed by atoms with Crippen molar-refractivity contribution in [2.45, 2.75) is 53.0 Å². The van der Waals surface area contributed by atoms with Crippen molar-refractivity contribution in [1.29, 1.82) is 0 Å². The minimum absolute atomic E-state index is 0.374. The molecule has 184 valence electrons. The Kier molecular flexibility index (Phi) is 7.56.